The molecule has 13 nitrogen and oxygen atoms in total. The van der Waals surface area contributed by atoms with E-state index in [9.17, 15) is 23.2 Å². The fraction of sp³-hybridized carbons (Fsp3) is 0.241. The summed E-state index contributed by atoms with van der Waals surface area (Å²) in [6, 6.07) is 8.90. The molecule has 0 unspecified atom stereocenters. The molecule has 0 aliphatic rings. The summed E-state index contributed by atoms with van der Waals surface area (Å²) < 4.78 is 36.8. The number of benzene rings is 1. The van der Waals surface area contributed by atoms with Gasteiger partial charge in [0.2, 0.25) is 5.88 Å². The van der Waals surface area contributed by atoms with E-state index < -0.39 is 35.5 Å². The number of anilines is 1. The number of carbonyl (C=O) groups is 1. The summed E-state index contributed by atoms with van der Waals surface area (Å²) in [5, 5.41) is 10.6. The number of urea groups is 1. The van der Waals surface area contributed by atoms with Gasteiger partial charge in [0.25, 0.3) is 5.56 Å². The molecule has 1 aromatic carbocycles. The number of hydrogen-bond donors (Lipinski definition) is 2. The molecule has 0 saturated heterocycles. The standard InChI is InChI=1S/C29H28F2N8O5S/c1-5-37(2)14-18-24-26(40)39(22-11-12-23(43-3)35-34-22)29(42)38(15-17-19(30)7-6-8-20(17)31)27(24)45-25(18)16-9-10-21(32-13-16)33-28(41)36-44-4/h6-13H,5,14-15H2,1-4H3,(H2,32,33,36,41). The van der Waals surface area contributed by atoms with E-state index in [0.717, 1.165) is 32.6 Å². The van der Waals surface area contributed by atoms with Crippen molar-refractivity contribution >= 4 is 33.4 Å². The molecule has 0 bridgehead atoms. The van der Waals surface area contributed by atoms with Crippen molar-refractivity contribution in [3.05, 3.63) is 92.3 Å². The molecule has 0 radical (unpaired) electrons. The highest BCUT2D eigenvalue weighted by Crippen LogP contribution is 2.38. The topological polar surface area (TPSA) is 146 Å². The number of hydroxylamine groups is 1. The average Bonchev–Trinajstić information content (AvgIpc) is 3.40. The monoisotopic (exact) mass is 638 g/mol. The minimum absolute atomic E-state index is 0.0931. The molecule has 0 spiro atoms. The largest absolute Gasteiger partial charge is 0.480 e. The van der Waals surface area contributed by atoms with Crippen molar-refractivity contribution in [2.24, 2.45) is 0 Å². The van der Waals surface area contributed by atoms with Gasteiger partial charge in [0, 0.05) is 34.8 Å². The maximum absolute atomic E-state index is 14.9. The van der Waals surface area contributed by atoms with E-state index in [1.165, 1.54) is 38.6 Å². The molecule has 4 heterocycles. The smallest absolute Gasteiger partial charge is 0.344 e. The van der Waals surface area contributed by atoms with Crippen LogP contribution in [0.3, 0.4) is 0 Å². The zero-order chi connectivity index (χ0) is 32.2. The number of ether oxygens (including phenoxy) is 1. The molecular weight excluding hydrogens is 610 g/mol. The van der Waals surface area contributed by atoms with Crippen LogP contribution in [0.4, 0.5) is 19.4 Å². The average molecular weight is 639 g/mol. The predicted octanol–water partition coefficient (Wildman–Crippen LogP) is 3.54. The Kier molecular flexibility index (Phi) is 9.26. The first kappa shape index (κ1) is 31.4. The van der Waals surface area contributed by atoms with Gasteiger partial charge in [-0.25, -0.2) is 33.4 Å². The number of nitrogens with one attached hydrogen (secondary N) is 2. The summed E-state index contributed by atoms with van der Waals surface area (Å²) in [7, 11) is 4.56. The van der Waals surface area contributed by atoms with Crippen molar-refractivity contribution in [3.63, 3.8) is 0 Å². The highest BCUT2D eigenvalue weighted by molar-refractivity contribution is 7.22. The van der Waals surface area contributed by atoms with Crippen molar-refractivity contribution in [1.29, 1.82) is 0 Å². The van der Waals surface area contributed by atoms with Gasteiger partial charge in [0.05, 0.1) is 26.2 Å². The SMILES string of the molecule is CCN(C)Cc1c(-c2ccc(NC(=O)NOC)nc2)sc2c1c(=O)n(-c1ccc(OC)nn1)c(=O)n2Cc1c(F)cccc1F. The lowest BCUT2D eigenvalue weighted by atomic mass is 10.1. The van der Waals surface area contributed by atoms with E-state index in [2.05, 4.69) is 30.8 Å². The Morgan fingerprint density at radius 3 is 2.40 bits per heavy atom. The number of methoxy groups -OCH3 is 1. The fourth-order valence-electron chi connectivity index (χ4n) is 4.60. The number of nitrogens with zero attached hydrogens (tertiary/aromatic N) is 6. The van der Waals surface area contributed by atoms with Gasteiger partial charge >= 0.3 is 11.7 Å². The van der Waals surface area contributed by atoms with Crippen molar-refractivity contribution in [3.8, 4) is 22.1 Å². The van der Waals surface area contributed by atoms with Crippen molar-refractivity contribution in [2.75, 3.05) is 33.1 Å². The highest BCUT2D eigenvalue weighted by atomic mass is 32.1. The van der Waals surface area contributed by atoms with Gasteiger partial charge in [-0.15, -0.1) is 21.5 Å². The van der Waals surface area contributed by atoms with Crippen LogP contribution in [0.2, 0.25) is 0 Å². The van der Waals surface area contributed by atoms with Crippen LogP contribution in [-0.4, -0.2) is 63.1 Å². The van der Waals surface area contributed by atoms with Crippen LogP contribution in [0.5, 0.6) is 5.88 Å². The van der Waals surface area contributed by atoms with Gasteiger partial charge in [-0.2, -0.15) is 0 Å². The third-order valence-electron chi connectivity index (χ3n) is 6.94. The molecule has 5 aromatic rings. The number of amides is 2. The van der Waals surface area contributed by atoms with Crippen molar-refractivity contribution in [2.45, 2.75) is 20.0 Å². The first-order chi connectivity index (χ1) is 21.7. The number of halogens is 2. The lowest BCUT2D eigenvalue weighted by molar-refractivity contribution is 0.114. The second-order valence-electron chi connectivity index (χ2n) is 9.76. The third-order valence-corrected chi connectivity index (χ3v) is 8.25. The normalized spacial score (nSPS) is 11.3. The van der Waals surface area contributed by atoms with Crippen molar-refractivity contribution < 1.29 is 23.1 Å². The summed E-state index contributed by atoms with van der Waals surface area (Å²) in [5.41, 5.74) is 1.40. The Morgan fingerprint density at radius 2 is 1.80 bits per heavy atom. The summed E-state index contributed by atoms with van der Waals surface area (Å²) >= 11 is 1.12. The van der Waals surface area contributed by atoms with E-state index in [0.29, 0.717) is 22.5 Å². The molecule has 234 valence electrons. The molecule has 16 heteroatoms. The molecule has 0 atom stereocenters. The molecule has 0 saturated carbocycles. The first-order valence-electron chi connectivity index (χ1n) is 13.5. The Morgan fingerprint density at radius 1 is 1.04 bits per heavy atom. The number of pyridine rings is 1. The molecule has 2 N–H and O–H groups in total. The van der Waals surface area contributed by atoms with Gasteiger partial charge in [-0.05, 0) is 49.5 Å². The number of aromatic nitrogens is 5. The summed E-state index contributed by atoms with van der Waals surface area (Å²) in [4.78, 5) is 51.8. The first-order valence-corrected chi connectivity index (χ1v) is 14.4. The zero-order valence-electron chi connectivity index (χ0n) is 24.6. The van der Waals surface area contributed by atoms with Gasteiger partial charge in [-0.3, -0.25) is 19.5 Å². The quantitative estimate of drug-likeness (QED) is 0.220. The van der Waals surface area contributed by atoms with Gasteiger partial charge in [0.1, 0.15) is 22.3 Å². The van der Waals surface area contributed by atoms with Crippen LogP contribution in [0.1, 0.15) is 18.1 Å². The van der Waals surface area contributed by atoms with Crippen LogP contribution in [0, 0.1) is 11.6 Å². The maximum Gasteiger partial charge on any atom is 0.344 e. The third kappa shape index (κ3) is 6.29. The van der Waals surface area contributed by atoms with Crippen LogP contribution >= 0.6 is 11.3 Å². The van der Waals surface area contributed by atoms with Crippen LogP contribution in [-0.2, 0) is 17.9 Å². The minimum atomic E-state index is -0.861. The Bertz CT molecular complexity index is 1960. The van der Waals surface area contributed by atoms with Crippen LogP contribution < -0.4 is 26.8 Å². The number of hydrogen-bond acceptors (Lipinski definition) is 10. The summed E-state index contributed by atoms with van der Waals surface area (Å²) in [6.45, 7) is 2.36. The Hall–Kier alpha value is -5.06. The van der Waals surface area contributed by atoms with E-state index in [1.807, 2.05) is 18.9 Å². The van der Waals surface area contributed by atoms with Crippen LogP contribution in [0.25, 0.3) is 26.5 Å². The van der Waals surface area contributed by atoms with Crippen LogP contribution in [0.15, 0.2) is 58.3 Å². The Balaban J connectivity index is 1.79. The van der Waals surface area contributed by atoms with E-state index >= 15 is 0 Å². The highest BCUT2D eigenvalue weighted by Gasteiger charge is 2.26. The number of carbonyl (C=O) groups excluding carboxylic acids is 1. The zero-order valence-corrected chi connectivity index (χ0v) is 25.4. The number of thiophene rings is 1. The molecule has 5 rings (SSSR count). The maximum atomic E-state index is 14.9. The van der Waals surface area contributed by atoms with E-state index in [1.54, 1.807) is 12.1 Å². The molecule has 2 amide bonds. The Labute approximate surface area is 258 Å². The lowest BCUT2D eigenvalue weighted by Crippen LogP contribution is -2.40. The van der Waals surface area contributed by atoms with Gasteiger partial charge in [0.15, 0.2) is 5.82 Å². The van der Waals surface area contributed by atoms with E-state index in [-0.39, 0.29) is 39.8 Å². The molecule has 0 fully saturated rings. The van der Waals surface area contributed by atoms with E-state index in [4.69, 9.17) is 4.74 Å². The number of fused-ring (bicyclic) bond motifs is 1. The molecule has 0 aliphatic heterocycles. The second-order valence-corrected chi connectivity index (χ2v) is 10.8. The van der Waals surface area contributed by atoms with Gasteiger partial charge in [-0.1, -0.05) is 13.0 Å². The minimum Gasteiger partial charge on any atom is -0.480 e. The molecule has 4 aromatic heterocycles. The lowest BCUT2D eigenvalue weighted by Gasteiger charge is -2.16. The molecule has 45 heavy (non-hydrogen) atoms. The molecular formula is C29H28F2N8O5S. The molecule has 0 aliphatic carbocycles. The summed E-state index contributed by atoms with van der Waals surface area (Å²) in [5.74, 6) is -1.39. The van der Waals surface area contributed by atoms with Gasteiger partial charge < -0.3 is 9.64 Å². The number of rotatable bonds is 10. The second kappa shape index (κ2) is 13.3. The fourth-order valence-corrected chi connectivity index (χ4v) is 5.88. The summed E-state index contributed by atoms with van der Waals surface area (Å²) in [6.07, 6.45) is 1.51. The van der Waals surface area contributed by atoms with Crippen molar-refractivity contribution in [1.82, 2.24) is 34.7 Å². The predicted molar refractivity (Wildman–Crippen MR) is 164 cm³/mol.